The molecule has 1 heterocycles. The summed E-state index contributed by atoms with van der Waals surface area (Å²) in [6, 6.07) is 15.7. The van der Waals surface area contributed by atoms with Gasteiger partial charge in [-0.15, -0.1) is 11.3 Å². The van der Waals surface area contributed by atoms with Crippen LogP contribution in [-0.4, -0.2) is 11.0 Å². The van der Waals surface area contributed by atoms with Crippen LogP contribution in [0.3, 0.4) is 0 Å². The maximum Gasteiger partial charge on any atom is 0.0907 e. The molecule has 20 heavy (non-hydrogen) atoms. The van der Waals surface area contributed by atoms with E-state index < -0.39 is 0 Å². The molecule has 2 nitrogen and oxygen atoms in total. The molecule has 3 aromatic rings. The number of aryl methyl sites for hydroxylation is 1. The summed E-state index contributed by atoms with van der Waals surface area (Å²) in [4.78, 5) is 4.51. The third-order valence-electron chi connectivity index (χ3n) is 3.92. The van der Waals surface area contributed by atoms with Crippen LogP contribution in [0.5, 0.6) is 0 Å². The Morgan fingerprint density at radius 3 is 2.60 bits per heavy atom. The van der Waals surface area contributed by atoms with Crippen LogP contribution < -0.4 is 5.32 Å². The first kappa shape index (κ1) is 11.9. The molecular formula is C17H16N2S. The van der Waals surface area contributed by atoms with Gasteiger partial charge in [-0.2, -0.15) is 0 Å². The fraction of sp³-hybridized carbons (Fsp3) is 0.235. The molecular weight excluding hydrogens is 264 g/mol. The zero-order chi connectivity index (χ0) is 13.5. The van der Waals surface area contributed by atoms with Crippen LogP contribution in [0.15, 0.2) is 42.5 Å². The van der Waals surface area contributed by atoms with Gasteiger partial charge in [-0.25, -0.2) is 4.98 Å². The Morgan fingerprint density at radius 1 is 1.10 bits per heavy atom. The summed E-state index contributed by atoms with van der Waals surface area (Å²) in [5, 5.41) is 4.80. The highest BCUT2D eigenvalue weighted by molar-refractivity contribution is 7.18. The lowest BCUT2D eigenvalue weighted by Crippen LogP contribution is -2.19. The van der Waals surface area contributed by atoms with Crippen molar-refractivity contribution >= 4 is 27.2 Å². The molecule has 0 fully saturated rings. The van der Waals surface area contributed by atoms with Gasteiger partial charge >= 0.3 is 0 Å². The van der Waals surface area contributed by atoms with Gasteiger partial charge in [0.15, 0.2) is 0 Å². The van der Waals surface area contributed by atoms with Gasteiger partial charge in [-0.1, -0.05) is 24.3 Å². The lowest BCUT2D eigenvalue weighted by molar-refractivity contribution is 0.774. The van der Waals surface area contributed by atoms with E-state index in [1.165, 1.54) is 21.5 Å². The molecule has 0 atom stereocenters. The molecule has 1 N–H and O–H groups in total. The van der Waals surface area contributed by atoms with Crippen molar-refractivity contribution in [3.63, 3.8) is 0 Å². The van der Waals surface area contributed by atoms with Crippen LogP contribution in [0, 0.1) is 6.92 Å². The van der Waals surface area contributed by atoms with E-state index in [2.05, 4.69) is 59.7 Å². The number of nitrogens with one attached hydrogen (secondary N) is 1. The van der Waals surface area contributed by atoms with E-state index in [4.69, 9.17) is 0 Å². The average molecular weight is 280 g/mol. The van der Waals surface area contributed by atoms with Crippen LogP contribution in [0.2, 0.25) is 0 Å². The summed E-state index contributed by atoms with van der Waals surface area (Å²) < 4.78 is 1.27. The summed E-state index contributed by atoms with van der Waals surface area (Å²) in [5.74, 6) is 0. The van der Waals surface area contributed by atoms with Crippen molar-refractivity contribution in [1.82, 2.24) is 4.98 Å². The number of rotatable bonds is 2. The van der Waals surface area contributed by atoms with Gasteiger partial charge in [0.1, 0.15) is 0 Å². The fourth-order valence-corrected chi connectivity index (χ4v) is 3.89. The van der Waals surface area contributed by atoms with Crippen molar-refractivity contribution in [2.75, 3.05) is 5.32 Å². The highest BCUT2D eigenvalue weighted by Gasteiger charge is 2.20. The van der Waals surface area contributed by atoms with Crippen LogP contribution in [0.25, 0.3) is 10.2 Å². The molecule has 2 aromatic carbocycles. The summed E-state index contributed by atoms with van der Waals surface area (Å²) >= 11 is 1.76. The average Bonchev–Trinajstić information content (AvgIpc) is 2.99. The molecule has 1 aromatic heterocycles. The highest BCUT2D eigenvalue weighted by atomic mass is 32.1. The van der Waals surface area contributed by atoms with Crippen molar-refractivity contribution in [2.24, 2.45) is 0 Å². The van der Waals surface area contributed by atoms with Crippen molar-refractivity contribution in [3.8, 4) is 0 Å². The molecule has 0 saturated carbocycles. The lowest BCUT2D eigenvalue weighted by atomic mass is 10.1. The number of fused-ring (bicyclic) bond motifs is 2. The van der Waals surface area contributed by atoms with E-state index in [0.29, 0.717) is 6.04 Å². The molecule has 0 aliphatic heterocycles. The van der Waals surface area contributed by atoms with Gasteiger partial charge in [-0.05, 0) is 49.1 Å². The lowest BCUT2D eigenvalue weighted by Gasteiger charge is -2.13. The number of hydrogen-bond acceptors (Lipinski definition) is 3. The molecule has 0 spiro atoms. The number of anilines is 1. The van der Waals surface area contributed by atoms with Crippen LogP contribution in [0.4, 0.5) is 5.69 Å². The van der Waals surface area contributed by atoms with E-state index in [1.54, 1.807) is 11.3 Å². The molecule has 1 aliphatic rings. The number of benzene rings is 2. The molecule has 0 unspecified atom stereocenters. The smallest absolute Gasteiger partial charge is 0.0907 e. The maximum absolute atomic E-state index is 4.51. The Morgan fingerprint density at radius 2 is 1.85 bits per heavy atom. The SMILES string of the molecule is Cc1nc2ccc(NC3Cc4ccccc4C3)cc2s1. The van der Waals surface area contributed by atoms with E-state index >= 15 is 0 Å². The third-order valence-corrected chi connectivity index (χ3v) is 4.85. The maximum atomic E-state index is 4.51. The van der Waals surface area contributed by atoms with Gasteiger partial charge in [0.2, 0.25) is 0 Å². The van der Waals surface area contributed by atoms with Gasteiger partial charge in [-0.3, -0.25) is 0 Å². The van der Waals surface area contributed by atoms with Crippen LogP contribution >= 0.6 is 11.3 Å². The fourth-order valence-electron chi connectivity index (χ4n) is 3.03. The van der Waals surface area contributed by atoms with E-state index in [9.17, 15) is 0 Å². The third kappa shape index (κ3) is 2.08. The van der Waals surface area contributed by atoms with E-state index in [1.807, 2.05) is 0 Å². The Balaban J connectivity index is 1.57. The van der Waals surface area contributed by atoms with Crippen LogP contribution in [-0.2, 0) is 12.8 Å². The standard InChI is InChI=1S/C17H16N2S/c1-11-18-16-7-6-14(10-17(16)20-11)19-15-8-12-4-2-3-5-13(12)9-15/h2-7,10,15,19H,8-9H2,1H3. The Hall–Kier alpha value is -1.87. The number of nitrogens with zero attached hydrogens (tertiary/aromatic N) is 1. The predicted molar refractivity (Wildman–Crippen MR) is 85.6 cm³/mol. The molecule has 1 aliphatic carbocycles. The minimum absolute atomic E-state index is 0.513. The molecule has 0 saturated heterocycles. The first-order valence-electron chi connectivity index (χ1n) is 6.98. The molecule has 0 radical (unpaired) electrons. The van der Waals surface area contributed by atoms with Crippen molar-refractivity contribution in [1.29, 1.82) is 0 Å². The number of aromatic nitrogens is 1. The topological polar surface area (TPSA) is 24.9 Å². The summed E-state index contributed by atoms with van der Waals surface area (Å²) in [7, 11) is 0. The zero-order valence-corrected chi connectivity index (χ0v) is 12.2. The van der Waals surface area contributed by atoms with E-state index in [0.717, 1.165) is 23.4 Å². The van der Waals surface area contributed by atoms with Gasteiger partial charge in [0.05, 0.1) is 15.2 Å². The molecule has 3 heteroatoms. The van der Waals surface area contributed by atoms with Crippen molar-refractivity contribution in [2.45, 2.75) is 25.8 Å². The summed E-state index contributed by atoms with van der Waals surface area (Å²) in [6.45, 7) is 2.06. The van der Waals surface area contributed by atoms with Crippen molar-refractivity contribution < 1.29 is 0 Å². The summed E-state index contributed by atoms with van der Waals surface area (Å²) in [6.07, 6.45) is 2.24. The first-order chi connectivity index (χ1) is 9.78. The Kier molecular flexibility index (Phi) is 2.74. The number of hydrogen-bond donors (Lipinski definition) is 1. The zero-order valence-electron chi connectivity index (χ0n) is 11.4. The summed E-state index contributed by atoms with van der Waals surface area (Å²) in [5.41, 5.74) is 5.28. The predicted octanol–water partition coefficient (Wildman–Crippen LogP) is 4.18. The Labute approximate surface area is 122 Å². The van der Waals surface area contributed by atoms with Gasteiger partial charge in [0.25, 0.3) is 0 Å². The largest absolute Gasteiger partial charge is 0.382 e. The number of thiazole rings is 1. The minimum atomic E-state index is 0.513. The quantitative estimate of drug-likeness (QED) is 0.761. The van der Waals surface area contributed by atoms with Crippen LogP contribution in [0.1, 0.15) is 16.1 Å². The van der Waals surface area contributed by atoms with Gasteiger partial charge < -0.3 is 5.32 Å². The molecule has 0 amide bonds. The van der Waals surface area contributed by atoms with E-state index in [-0.39, 0.29) is 0 Å². The second-order valence-corrected chi connectivity index (χ2v) is 6.67. The monoisotopic (exact) mass is 280 g/mol. The highest BCUT2D eigenvalue weighted by Crippen LogP contribution is 2.28. The second-order valence-electron chi connectivity index (χ2n) is 5.43. The molecule has 100 valence electrons. The second kappa shape index (κ2) is 4.60. The molecule has 4 rings (SSSR count). The first-order valence-corrected chi connectivity index (χ1v) is 7.80. The van der Waals surface area contributed by atoms with Crippen molar-refractivity contribution in [3.05, 3.63) is 58.6 Å². The Bertz CT molecular complexity index is 751. The normalized spacial score (nSPS) is 14.7. The molecule has 0 bridgehead atoms. The minimum Gasteiger partial charge on any atom is -0.382 e. The van der Waals surface area contributed by atoms with Gasteiger partial charge in [0, 0.05) is 11.7 Å².